The molecule has 0 unspecified atom stereocenters. The Kier molecular flexibility index (Phi) is 7.37. The fourth-order valence-corrected chi connectivity index (χ4v) is 2.54. The van der Waals surface area contributed by atoms with Gasteiger partial charge in [-0.1, -0.05) is 18.2 Å². The number of allylic oxidation sites excluding steroid dienone is 6. The molecule has 0 heterocycles. The number of benzene rings is 1. The fourth-order valence-electron chi connectivity index (χ4n) is 2.54. The molecule has 134 valence electrons. The summed E-state index contributed by atoms with van der Waals surface area (Å²) in [6.45, 7) is 9.13. The number of aliphatic carboxylic acids is 1. The van der Waals surface area contributed by atoms with E-state index in [9.17, 15) is 9.18 Å². The van der Waals surface area contributed by atoms with Crippen LogP contribution < -0.4 is 4.74 Å². The van der Waals surface area contributed by atoms with Gasteiger partial charge in [-0.3, -0.25) is 0 Å². The molecular weight excluding hydrogens is 319 g/mol. The molecule has 0 bridgehead atoms. The maximum Gasteiger partial charge on any atom is 0.328 e. The third kappa shape index (κ3) is 5.75. The standard InChI is InChI=1S/C21H25FO3/c1-13(8-7-9-14(2)11-20(23)24)10-18(22)21-15(3)12-19(25-6)16(4)17(21)5/h7-12H,1-6H3,(H,23,24)/b9-7+,13-8+,14-11+,18-10+. The maximum atomic E-state index is 14.7. The Morgan fingerprint density at radius 3 is 2.32 bits per heavy atom. The Morgan fingerprint density at radius 2 is 1.76 bits per heavy atom. The van der Waals surface area contributed by atoms with E-state index >= 15 is 0 Å². The normalized spacial score (nSPS) is 13.5. The van der Waals surface area contributed by atoms with Gasteiger partial charge in [-0.2, -0.15) is 0 Å². The number of aryl methyl sites for hydroxylation is 1. The summed E-state index contributed by atoms with van der Waals surface area (Å²) in [5.74, 6) is -0.544. The number of carboxylic acids is 1. The Balaban J connectivity index is 3.13. The Bertz CT molecular complexity index is 781. The number of halogens is 1. The van der Waals surface area contributed by atoms with Crippen LogP contribution in [0.2, 0.25) is 0 Å². The number of hydrogen-bond donors (Lipinski definition) is 1. The highest BCUT2D eigenvalue weighted by atomic mass is 19.1. The van der Waals surface area contributed by atoms with Crippen molar-refractivity contribution in [2.24, 2.45) is 0 Å². The second-order valence-corrected chi connectivity index (χ2v) is 6.01. The predicted molar refractivity (Wildman–Crippen MR) is 101 cm³/mol. The van der Waals surface area contributed by atoms with Gasteiger partial charge in [0.15, 0.2) is 0 Å². The molecule has 0 aliphatic heterocycles. The van der Waals surface area contributed by atoms with E-state index in [4.69, 9.17) is 9.84 Å². The van der Waals surface area contributed by atoms with Crippen LogP contribution in [0.1, 0.15) is 36.1 Å². The number of hydrogen-bond acceptors (Lipinski definition) is 2. The van der Waals surface area contributed by atoms with E-state index in [1.807, 2.05) is 26.8 Å². The lowest BCUT2D eigenvalue weighted by Crippen LogP contribution is -1.98. The fraction of sp³-hybridized carbons (Fsp3) is 0.286. The molecule has 0 radical (unpaired) electrons. The molecule has 0 saturated heterocycles. The summed E-state index contributed by atoms with van der Waals surface area (Å²) in [6.07, 6.45) is 7.69. The molecule has 1 rings (SSSR count). The molecule has 0 aromatic heterocycles. The van der Waals surface area contributed by atoms with Gasteiger partial charge in [-0.25, -0.2) is 9.18 Å². The van der Waals surface area contributed by atoms with Crippen LogP contribution in [-0.4, -0.2) is 18.2 Å². The van der Waals surface area contributed by atoms with E-state index in [0.29, 0.717) is 11.1 Å². The smallest absolute Gasteiger partial charge is 0.328 e. The summed E-state index contributed by atoms with van der Waals surface area (Å²) in [5.41, 5.74) is 4.51. The van der Waals surface area contributed by atoms with Gasteiger partial charge in [0.05, 0.1) is 7.11 Å². The topological polar surface area (TPSA) is 46.5 Å². The first-order valence-electron chi connectivity index (χ1n) is 7.96. The zero-order chi connectivity index (χ0) is 19.1. The molecule has 25 heavy (non-hydrogen) atoms. The number of rotatable bonds is 6. The van der Waals surface area contributed by atoms with Gasteiger partial charge in [0.1, 0.15) is 11.6 Å². The lowest BCUT2D eigenvalue weighted by atomic mass is 9.95. The van der Waals surface area contributed by atoms with Crippen molar-refractivity contribution in [2.75, 3.05) is 7.11 Å². The first-order valence-corrected chi connectivity index (χ1v) is 7.96. The van der Waals surface area contributed by atoms with Crippen LogP contribution in [0.25, 0.3) is 5.83 Å². The highest BCUT2D eigenvalue weighted by Gasteiger charge is 2.14. The minimum atomic E-state index is -0.991. The largest absolute Gasteiger partial charge is 0.496 e. The molecule has 1 aromatic rings. The van der Waals surface area contributed by atoms with Gasteiger partial charge in [-0.15, -0.1) is 0 Å². The van der Waals surface area contributed by atoms with Gasteiger partial charge >= 0.3 is 5.97 Å². The molecule has 1 aromatic carbocycles. The van der Waals surface area contributed by atoms with Crippen molar-refractivity contribution in [3.05, 3.63) is 69.8 Å². The van der Waals surface area contributed by atoms with Gasteiger partial charge in [-0.05, 0) is 74.6 Å². The molecule has 0 atom stereocenters. The zero-order valence-electron chi connectivity index (χ0n) is 15.6. The third-order valence-corrected chi connectivity index (χ3v) is 3.93. The molecule has 0 spiro atoms. The zero-order valence-corrected chi connectivity index (χ0v) is 15.6. The van der Waals surface area contributed by atoms with Crippen molar-refractivity contribution in [1.82, 2.24) is 0 Å². The minimum absolute atomic E-state index is 0.305. The molecule has 0 aliphatic rings. The molecule has 1 N–H and O–H groups in total. The molecule has 3 nitrogen and oxygen atoms in total. The monoisotopic (exact) mass is 344 g/mol. The molecule has 4 heteroatoms. The second kappa shape index (κ2) is 9.02. The average molecular weight is 344 g/mol. The van der Waals surface area contributed by atoms with Gasteiger partial charge in [0.25, 0.3) is 0 Å². The van der Waals surface area contributed by atoms with Crippen molar-refractivity contribution < 1.29 is 19.0 Å². The second-order valence-electron chi connectivity index (χ2n) is 6.01. The summed E-state index contributed by atoms with van der Waals surface area (Å²) in [6, 6.07) is 1.84. The van der Waals surface area contributed by atoms with E-state index in [1.54, 1.807) is 39.2 Å². The summed E-state index contributed by atoms with van der Waals surface area (Å²) in [4.78, 5) is 10.6. The quantitative estimate of drug-likeness (QED) is 0.550. The Labute approximate surface area is 148 Å². The molecule has 0 aliphatic carbocycles. The molecule has 0 saturated carbocycles. The van der Waals surface area contributed by atoms with Crippen molar-refractivity contribution in [2.45, 2.75) is 34.6 Å². The summed E-state index contributed by atoms with van der Waals surface area (Å²) in [7, 11) is 1.60. The van der Waals surface area contributed by atoms with Crippen LogP contribution in [0, 0.1) is 20.8 Å². The number of carboxylic acid groups (broad SMARTS) is 1. The van der Waals surface area contributed by atoms with E-state index in [-0.39, 0.29) is 5.83 Å². The maximum absolute atomic E-state index is 14.7. The molecule has 0 fully saturated rings. The van der Waals surface area contributed by atoms with Crippen molar-refractivity contribution >= 4 is 11.8 Å². The van der Waals surface area contributed by atoms with Crippen molar-refractivity contribution in [1.29, 1.82) is 0 Å². The predicted octanol–water partition coefficient (Wildman–Crippen LogP) is 5.46. The Hall–Kier alpha value is -2.62. The minimum Gasteiger partial charge on any atom is -0.496 e. The lowest BCUT2D eigenvalue weighted by molar-refractivity contribution is -0.131. The van der Waals surface area contributed by atoms with Gasteiger partial charge < -0.3 is 9.84 Å². The Morgan fingerprint density at radius 1 is 1.12 bits per heavy atom. The lowest BCUT2D eigenvalue weighted by Gasteiger charge is -2.15. The molecular formula is C21H25FO3. The summed E-state index contributed by atoms with van der Waals surface area (Å²) in [5, 5.41) is 8.66. The highest BCUT2D eigenvalue weighted by Crippen LogP contribution is 2.32. The average Bonchev–Trinajstić information content (AvgIpc) is 2.50. The number of ether oxygens (including phenoxy) is 1. The molecule has 0 amide bonds. The van der Waals surface area contributed by atoms with Crippen LogP contribution in [0.3, 0.4) is 0 Å². The van der Waals surface area contributed by atoms with Gasteiger partial charge in [0, 0.05) is 11.6 Å². The van der Waals surface area contributed by atoms with Crippen LogP contribution in [-0.2, 0) is 4.79 Å². The van der Waals surface area contributed by atoms with Crippen LogP contribution >= 0.6 is 0 Å². The summed E-state index contributed by atoms with van der Waals surface area (Å²) < 4.78 is 20.1. The highest BCUT2D eigenvalue weighted by molar-refractivity contribution is 5.81. The first kappa shape index (κ1) is 20.4. The van der Waals surface area contributed by atoms with Crippen LogP contribution in [0.4, 0.5) is 4.39 Å². The first-order chi connectivity index (χ1) is 11.7. The van der Waals surface area contributed by atoms with E-state index in [1.165, 1.54) is 6.08 Å². The number of carbonyl (C=O) groups is 1. The van der Waals surface area contributed by atoms with E-state index < -0.39 is 5.97 Å². The third-order valence-electron chi connectivity index (χ3n) is 3.93. The summed E-state index contributed by atoms with van der Waals surface area (Å²) >= 11 is 0. The van der Waals surface area contributed by atoms with E-state index in [0.717, 1.165) is 34.1 Å². The van der Waals surface area contributed by atoms with E-state index in [2.05, 4.69) is 0 Å². The van der Waals surface area contributed by atoms with Crippen LogP contribution in [0.5, 0.6) is 5.75 Å². The van der Waals surface area contributed by atoms with Gasteiger partial charge in [0.2, 0.25) is 0 Å². The number of methoxy groups -OCH3 is 1. The van der Waals surface area contributed by atoms with Crippen LogP contribution in [0.15, 0.2) is 47.6 Å². The SMILES string of the molecule is COc1cc(C)c(\C(F)=C/C(C)=C/C=C/C(C)=C/C(=O)O)c(C)c1C. The van der Waals surface area contributed by atoms with Crippen molar-refractivity contribution in [3.8, 4) is 5.75 Å². The van der Waals surface area contributed by atoms with Crippen molar-refractivity contribution in [3.63, 3.8) is 0 Å².